The van der Waals surface area contributed by atoms with Crippen molar-refractivity contribution in [3.05, 3.63) is 41.6 Å². The molecular weight excluding hydrogens is 294 g/mol. The van der Waals surface area contributed by atoms with Gasteiger partial charge in [-0.25, -0.2) is 4.79 Å². The van der Waals surface area contributed by atoms with E-state index in [4.69, 9.17) is 10.4 Å². The van der Waals surface area contributed by atoms with Gasteiger partial charge in [0, 0.05) is 11.9 Å². The molecule has 6 heteroatoms. The fourth-order valence-electron chi connectivity index (χ4n) is 1.88. The van der Waals surface area contributed by atoms with E-state index in [2.05, 4.69) is 10.6 Å². The molecule has 0 aliphatic heterocycles. The van der Waals surface area contributed by atoms with Crippen molar-refractivity contribution >= 4 is 17.6 Å². The maximum absolute atomic E-state index is 12.0. The number of hydrogen-bond donors (Lipinski definition) is 3. The first-order valence-electron chi connectivity index (χ1n) is 7.30. The lowest BCUT2D eigenvalue weighted by molar-refractivity contribution is -0.141. The minimum Gasteiger partial charge on any atom is -0.480 e. The van der Waals surface area contributed by atoms with E-state index < -0.39 is 17.9 Å². The molecule has 1 atom stereocenters. The first-order valence-corrected chi connectivity index (χ1v) is 7.30. The number of rotatable bonds is 7. The number of carbonyl (C=O) groups excluding carboxylic acids is 1. The number of carboxylic acid groups (broad SMARTS) is 1. The van der Waals surface area contributed by atoms with E-state index in [-0.39, 0.29) is 11.5 Å². The third-order valence-corrected chi connectivity index (χ3v) is 3.11. The van der Waals surface area contributed by atoms with Gasteiger partial charge in [-0.2, -0.15) is 5.26 Å². The van der Waals surface area contributed by atoms with Gasteiger partial charge < -0.3 is 15.7 Å². The van der Waals surface area contributed by atoms with Gasteiger partial charge in [0.25, 0.3) is 5.91 Å². The van der Waals surface area contributed by atoms with Crippen LogP contribution in [0.2, 0.25) is 0 Å². The predicted octanol–water partition coefficient (Wildman–Crippen LogP) is 2.43. The average Bonchev–Trinajstić information content (AvgIpc) is 2.48. The van der Waals surface area contributed by atoms with E-state index in [1.807, 2.05) is 45.0 Å². The maximum Gasteiger partial charge on any atom is 0.326 e. The van der Waals surface area contributed by atoms with Crippen LogP contribution in [0.25, 0.3) is 0 Å². The molecule has 0 heterocycles. The Morgan fingerprint density at radius 2 is 1.91 bits per heavy atom. The molecule has 1 aromatic rings. The minimum absolute atomic E-state index is 0.108. The minimum atomic E-state index is -1.11. The second-order valence-corrected chi connectivity index (χ2v) is 5.67. The summed E-state index contributed by atoms with van der Waals surface area (Å²) in [4.78, 5) is 23.2. The topological polar surface area (TPSA) is 102 Å². The number of anilines is 1. The Balaban J connectivity index is 2.77. The van der Waals surface area contributed by atoms with Gasteiger partial charge in [-0.15, -0.1) is 0 Å². The highest BCUT2D eigenvalue weighted by molar-refractivity contribution is 5.99. The average molecular weight is 315 g/mol. The summed E-state index contributed by atoms with van der Waals surface area (Å²) in [5, 5.41) is 23.4. The van der Waals surface area contributed by atoms with Gasteiger partial charge in [0.15, 0.2) is 0 Å². The van der Waals surface area contributed by atoms with Crippen LogP contribution in [0.5, 0.6) is 0 Å². The molecule has 0 fully saturated rings. The number of amides is 1. The van der Waals surface area contributed by atoms with E-state index in [9.17, 15) is 9.59 Å². The van der Waals surface area contributed by atoms with Crippen LogP contribution < -0.4 is 10.6 Å². The molecule has 0 saturated heterocycles. The Morgan fingerprint density at radius 1 is 1.30 bits per heavy atom. The van der Waals surface area contributed by atoms with E-state index in [1.54, 1.807) is 6.07 Å². The molecule has 1 rings (SSSR count). The maximum atomic E-state index is 12.0. The highest BCUT2D eigenvalue weighted by atomic mass is 16.4. The van der Waals surface area contributed by atoms with Gasteiger partial charge >= 0.3 is 5.97 Å². The van der Waals surface area contributed by atoms with Crippen LogP contribution in [0.15, 0.2) is 36.0 Å². The molecule has 0 spiro atoms. The molecule has 0 aliphatic carbocycles. The Hall–Kier alpha value is -2.81. The lowest BCUT2D eigenvalue weighted by Crippen LogP contribution is -2.42. The summed E-state index contributed by atoms with van der Waals surface area (Å²) in [5.41, 5.74) is 1.64. The number of carboxylic acids is 1. The summed E-state index contributed by atoms with van der Waals surface area (Å²) in [6, 6.07) is 8.18. The summed E-state index contributed by atoms with van der Waals surface area (Å²) in [5.74, 6) is -1.72. The van der Waals surface area contributed by atoms with Crippen LogP contribution >= 0.6 is 0 Å². The molecular formula is C17H21N3O3. The Bertz CT molecular complexity index is 627. The molecule has 122 valence electrons. The molecule has 0 bridgehead atoms. The summed E-state index contributed by atoms with van der Waals surface area (Å²) >= 11 is 0. The summed E-state index contributed by atoms with van der Waals surface area (Å²) in [6.07, 6.45) is 1.57. The summed E-state index contributed by atoms with van der Waals surface area (Å²) in [7, 11) is 0. The zero-order valence-corrected chi connectivity index (χ0v) is 13.5. The molecule has 3 N–H and O–H groups in total. The molecule has 0 aliphatic rings. The Morgan fingerprint density at radius 3 is 2.39 bits per heavy atom. The summed E-state index contributed by atoms with van der Waals surface area (Å²) < 4.78 is 0. The molecule has 1 unspecified atom stereocenters. The van der Waals surface area contributed by atoms with Crippen LogP contribution in [0.4, 0.5) is 5.69 Å². The van der Waals surface area contributed by atoms with Gasteiger partial charge in [0.2, 0.25) is 0 Å². The van der Waals surface area contributed by atoms with Gasteiger partial charge in [-0.3, -0.25) is 4.79 Å². The van der Waals surface area contributed by atoms with Crippen LogP contribution in [-0.2, 0) is 9.59 Å². The first-order chi connectivity index (χ1) is 10.8. The third-order valence-electron chi connectivity index (χ3n) is 3.11. The van der Waals surface area contributed by atoms with E-state index in [0.717, 1.165) is 11.3 Å². The lowest BCUT2D eigenvalue weighted by Gasteiger charge is -2.16. The molecule has 1 aromatic carbocycles. The van der Waals surface area contributed by atoms with Crippen molar-refractivity contribution in [3.8, 4) is 6.07 Å². The monoisotopic (exact) mass is 315 g/mol. The molecule has 6 nitrogen and oxygen atoms in total. The van der Waals surface area contributed by atoms with Crippen molar-refractivity contribution in [2.24, 2.45) is 5.92 Å². The van der Waals surface area contributed by atoms with Gasteiger partial charge in [-0.1, -0.05) is 31.5 Å². The normalized spacial score (nSPS) is 12.4. The third kappa shape index (κ3) is 6.22. The fraction of sp³-hybridized carbons (Fsp3) is 0.353. The second kappa shape index (κ2) is 8.59. The van der Waals surface area contributed by atoms with Crippen LogP contribution in [0.3, 0.4) is 0 Å². The smallest absolute Gasteiger partial charge is 0.326 e. The molecule has 0 radical (unpaired) electrons. The van der Waals surface area contributed by atoms with E-state index in [1.165, 1.54) is 6.20 Å². The van der Waals surface area contributed by atoms with Crippen molar-refractivity contribution < 1.29 is 14.7 Å². The van der Waals surface area contributed by atoms with Crippen molar-refractivity contribution in [1.82, 2.24) is 5.32 Å². The zero-order chi connectivity index (χ0) is 17.4. The number of hydrogen-bond acceptors (Lipinski definition) is 4. The lowest BCUT2D eigenvalue weighted by atomic mass is 10.0. The highest BCUT2D eigenvalue weighted by Gasteiger charge is 2.22. The molecule has 0 saturated carbocycles. The zero-order valence-electron chi connectivity index (χ0n) is 13.5. The number of carbonyl (C=O) groups is 2. The van der Waals surface area contributed by atoms with Crippen molar-refractivity contribution in [2.45, 2.75) is 33.2 Å². The SMILES string of the molecule is Cc1ccc(N/C=C(/C#N)C(=O)NC(CC(C)C)C(=O)O)cc1. The number of nitriles is 1. The Kier molecular flexibility index (Phi) is 6.81. The van der Waals surface area contributed by atoms with Gasteiger partial charge in [0.05, 0.1) is 0 Å². The summed E-state index contributed by atoms with van der Waals surface area (Å²) in [6.45, 7) is 5.68. The molecule has 23 heavy (non-hydrogen) atoms. The van der Waals surface area contributed by atoms with E-state index >= 15 is 0 Å². The molecule has 0 aromatic heterocycles. The van der Waals surface area contributed by atoms with Crippen LogP contribution in [0.1, 0.15) is 25.8 Å². The Labute approximate surface area is 135 Å². The van der Waals surface area contributed by atoms with Gasteiger partial charge in [-0.05, 0) is 31.4 Å². The number of benzene rings is 1. The highest BCUT2D eigenvalue weighted by Crippen LogP contribution is 2.10. The first kappa shape index (κ1) is 18.2. The van der Waals surface area contributed by atoms with Gasteiger partial charge in [0.1, 0.15) is 17.7 Å². The fourth-order valence-corrected chi connectivity index (χ4v) is 1.88. The van der Waals surface area contributed by atoms with E-state index in [0.29, 0.717) is 6.42 Å². The van der Waals surface area contributed by atoms with Crippen LogP contribution in [0, 0.1) is 24.2 Å². The number of aliphatic carboxylic acids is 1. The number of nitrogens with zero attached hydrogens (tertiary/aromatic N) is 1. The largest absolute Gasteiger partial charge is 0.480 e. The molecule has 1 amide bonds. The van der Waals surface area contributed by atoms with Crippen molar-refractivity contribution in [3.63, 3.8) is 0 Å². The predicted molar refractivity (Wildman–Crippen MR) is 87.5 cm³/mol. The van der Waals surface area contributed by atoms with Crippen molar-refractivity contribution in [1.29, 1.82) is 5.26 Å². The standard InChI is InChI=1S/C17H21N3O3/c1-11(2)8-15(17(22)23)20-16(21)13(9-18)10-19-14-6-4-12(3)5-7-14/h4-7,10-11,15,19H,8H2,1-3H3,(H,20,21)(H,22,23)/b13-10-. The van der Waals surface area contributed by atoms with Crippen molar-refractivity contribution in [2.75, 3.05) is 5.32 Å². The second-order valence-electron chi connectivity index (χ2n) is 5.67. The van der Waals surface area contributed by atoms with Crippen LogP contribution in [-0.4, -0.2) is 23.0 Å². The number of aryl methyl sites for hydroxylation is 1. The quantitative estimate of drug-likeness (QED) is 0.530. The number of nitrogens with one attached hydrogen (secondary N) is 2.